The van der Waals surface area contributed by atoms with Gasteiger partial charge < -0.3 is 4.90 Å². The smallest absolute Gasteiger partial charge is 0.185 e. The molecule has 0 saturated carbocycles. The van der Waals surface area contributed by atoms with Gasteiger partial charge in [-0.05, 0) is 6.42 Å². The number of anilines is 1. The van der Waals surface area contributed by atoms with Crippen LogP contribution in [0.4, 0.5) is 5.69 Å². The van der Waals surface area contributed by atoms with E-state index < -0.39 is 0 Å². The standard InChI is InChI=1S/C16H14ClN5/c17-15-13(21-9-5-2-6-10-21)11-14-18-19-16(22(14)20-15)12-7-3-1-4-8-12/h1-5,7-8,11H,6,9-10H2. The molecular formula is C16H14ClN5. The van der Waals surface area contributed by atoms with Crippen molar-refractivity contribution in [3.05, 3.63) is 53.7 Å². The summed E-state index contributed by atoms with van der Waals surface area (Å²) >= 11 is 6.40. The number of rotatable bonds is 2. The van der Waals surface area contributed by atoms with Gasteiger partial charge >= 0.3 is 0 Å². The predicted molar refractivity (Wildman–Crippen MR) is 87.2 cm³/mol. The van der Waals surface area contributed by atoms with Crippen molar-refractivity contribution in [2.45, 2.75) is 6.42 Å². The molecule has 1 aliphatic rings. The van der Waals surface area contributed by atoms with E-state index in [1.165, 1.54) is 0 Å². The summed E-state index contributed by atoms with van der Waals surface area (Å²) < 4.78 is 1.70. The van der Waals surface area contributed by atoms with Crippen molar-refractivity contribution in [3.8, 4) is 11.4 Å². The van der Waals surface area contributed by atoms with Gasteiger partial charge in [-0.2, -0.15) is 9.61 Å². The van der Waals surface area contributed by atoms with E-state index in [1.807, 2.05) is 36.4 Å². The van der Waals surface area contributed by atoms with Gasteiger partial charge in [-0.25, -0.2) is 0 Å². The van der Waals surface area contributed by atoms with E-state index in [0.29, 0.717) is 16.6 Å². The van der Waals surface area contributed by atoms with Crippen molar-refractivity contribution < 1.29 is 0 Å². The summed E-state index contributed by atoms with van der Waals surface area (Å²) in [4.78, 5) is 2.20. The first-order valence-corrected chi connectivity index (χ1v) is 7.58. The molecule has 0 N–H and O–H groups in total. The Balaban J connectivity index is 1.82. The van der Waals surface area contributed by atoms with Crippen LogP contribution >= 0.6 is 11.6 Å². The maximum absolute atomic E-state index is 6.40. The number of nitrogens with zero attached hydrogens (tertiary/aromatic N) is 5. The topological polar surface area (TPSA) is 46.3 Å². The molecule has 4 rings (SSSR count). The first-order valence-electron chi connectivity index (χ1n) is 7.20. The molecular weight excluding hydrogens is 298 g/mol. The summed E-state index contributed by atoms with van der Waals surface area (Å²) in [7, 11) is 0. The van der Waals surface area contributed by atoms with E-state index in [1.54, 1.807) is 4.52 Å². The minimum absolute atomic E-state index is 0.472. The average Bonchev–Trinajstić information content (AvgIpc) is 2.98. The molecule has 0 atom stereocenters. The highest BCUT2D eigenvalue weighted by atomic mass is 35.5. The number of aromatic nitrogens is 4. The van der Waals surface area contributed by atoms with E-state index >= 15 is 0 Å². The number of fused-ring (bicyclic) bond motifs is 1. The van der Waals surface area contributed by atoms with Crippen molar-refractivity contribution >= 4 is 22.9 Å². The molecule has 1 aromatic carbocycles. The molecule has 22 heavy (non-hydrogen) atoms. The maximum Gasteiger partial charge on any atom is 0.185 e. The van der Waals surface area contributed by atoms with Crippen molar-refractivity contribution in [3.63, 3.8) is 0 Å². The maximum atomic E-state index is 6.40. The van der Waals surface area contributed by atoms with Gasteiger partial charge in [0.25, 0.3) is 0 Å². The van der Waals surface area contributed by atoms with Crippen LogP contribution in [0, 0.1) is 0 Å². The van der Waals surface area contributed by atoms with Gasteiger partial charge in [0.05, 0.1) is 5.69 Å². The Hall–Kier alpha value is -2.40. The Bertz CT molecular complexity index is 840. The van der Waals surface area contributed by atoms with Crippen LogP contribution in [0.25, 0.3) is 17.0 Å². The zero-order chi connectivity index (χ0) is 14.9. The summed E-state index contributed by atoms with van der Waals surface area (Å²) in [5, 5.41) is 13.4. The minimum Gasteiger partial charge on any atom is -0.365 e. The van der Waals surface area contributed by atoms with Crippen LogP contribution in [-0.4, -0.2) is 32.9 Å². The Morgan fingerprint density at radius 2 is 1.91 bits per heavy atom. The second kappa shape index (κ2) is 5.42. The third kappa shape index (κ3) is 2.23. The monoisotopic (exact) mass is 311 g/mol. The SMILES string of the molecule is Clc1nn2c(-c3ccccc3)nnc2cc1N1CC=CCC1. The lowest BCUT2D eigenvalue weighted by Crippen LogP contribution is -2.27. The molecule has 3 aromatic rings. The van der Waals surface area contributed by atoms with Crippen LogP contribution in [0.2, 0.25) is 5.15 Å². The zero-order valence-corrected chi connectivity index (χ0v) is 12.6. The molecule has 1 aliphatic heterocycles. The molecule has 0 saturated heterocycles. The Morgan fingerprint density at radius 1 is 1.05 bits per heavy atom. The number of hydrogen-bond donors (Lipinski definition) is 0. The van der Waals surface area contributed by atoms with Gasteiger partial charge in [-0.15, -0.1) is 10.2 Å². The molecule has 0 radical (unpaired) electrons. The quantitative estimate of drug-likeness (QED) is 0.682. The molecule has 0 bridgehead atoms. The highest BCUT2D eigenvalue weighted by molar-refractivity contribution is 6.32. The van der Waals surface area contributed by atoms with Crippen LogP contribution < -0.4 is 4.90 Å². The van der Waals surface area contributed by atoms with E-state index in [0.717, 1.165) is 30.8 Å². The number of hydrogen-bond acceptors (Lipinski definition) is 4. The van der Waals surface area contributed by atoms with Gasteiger partial charge in [-0.3, -0.25) is 0 Å². The van der Waals surface area contributed by atoms with E-state index in [4.69, 9.17) is 11.6 Å². The summed E-state index contributed by atoms with van der Waals surface area (Å²) in [6.45, 7) is 1.78. The highest BCUT2D eigenvalue weighted by Gasteiger charge is 2.17. The Kier molecular flexibility index (Phi) is 3.27. The lowest BCUT2D eigenvalue weighted by molar-refractivity contribution is 0.810. The molecule has 0 aliphatic carbocycles. The van der Waals surface area contributed by atoms with Gasteiger partial charge in [0.1, 0.15) is 0 Å². The molecule has 2 aromatic heterocycles. The second-order valence-electron chi connectivity index (χ2n) is 5.19. The van der Waals surface area contributed by atoms with Gasteiger partial charge in [-0.1, -0.05) is 54.1 Å². The molecule has 0 amide bonds. The summed E-state index contributed by atoms with van der Waals surface area (Å²) in [6, 6.07) is 11.8. The summed E-state index contributed by atoms with van der Waals surface area (Å²) in [6.07, 6.45) is 5.34. The van der Waals surface area contributed by atoms with Crippen LogP contribution in [0.3, 0.4) is 0 Å². The third-order valence-corrected chi connectivity index (χ3v) is 4.03. The molecule has 3 heterocycles. The molecule has 6 heteroatoms. The summed E-state index contributed by atoms with van der Waals surface area (Å²) in [5.41, 5.74) is 2.57. The van der Waals surface area contributed by atoms with Crippen LogP contribution in [-0.2, 0) is 0 Å². The average molecular weight is 312 g/mol. The fourth-order valence-electron chi connectivity index (χ4n) is 2.65. The van der Waals surface area contributed by atoms with E-state index in [9.17, 15) is 0 Å². The van der Waals surface area contributed by atoms with Crippen LogP contribution in [0.5, 0.6) is 0 Å². The predicted octanol–water partition coefficient (Wildman–Crippen LogP) is 3.21. The van der Waals surface area contributed by atoms with Gasteiger partial charge in [0, 0.05) is 24.7 Å². The fourth-order valence-corrected chi connectivity index (χ4v) is 2.90. The van der Waals surface area contributed by atoms with Crippen molar-refractivity contribution in [2.24, 2.45) is 0 Å². The number of benzene rings is 1. The first kappa shape index (κ1) is 13.3. The Morgan fingerprint density at radius 3 is 2.68 bits per heavy atom. The third-order valence-electron chi connectivity index (χ3n) is 3.76. The lowest BCUT2D eigenvalue weighted by atomic mass is 10.2. The molecule has 5 nitrogen and oxygen atoms in total. The largest absolute Gasteiger partial charge is 0.365 e. The van der Waals surface area contributed by atoms with Crippen LogP contribution in [0.1, 0.15) is 6.42 Å². The Labute approximate surface area is 132 Å². The van der Waals surface area contributed by atoms with Crippen molar-refractivity contribution in [1.29, 1.82) is 0 Å². The fraction of sp³-hybridized carbons (Fsp3) is 0.188. The minimum atomic E-state index is 0.472. The van der Waals surface area contributed by atoms with Gasteiger partial charge in [0.15, 0.2) is 16.6 Å². The van der Waals surface area contributed by atoms with Crippen molar-refractivity contribution in [1.82, 2.24) is 19.8 Å². The normalized spacial score (nSPS) is 14.7. The van der Waals surface area contributed by atoms with Crippen molar-refractivity contribution in [2.75, 3.05) is 18.0 Å². The first-order chi connectivity index (χ1) is 10.8. The summed E-state index contributed by atoms with van der Waals surface area (Å²) in [5.74, 6) is 0.697. The number of halogens is 1. The van der Waals surface area contributed by atoms with Gasteiger partial charge in [0.2, 0.25) is 0 Å². The van der Waals surface area contributed by atoms with E-state index in [-0.39, 0.29) is 0 Å². The van der Waals surface area contributed by atoms with Crippen LogP contribution in [0.15, 0.2) is 48.6 Å². The highest BCUT2D eigenvalue weighted by Crippen LogP contribution is 2.28. The molecule has 0 spiro atoms. The lowest BCUT2D eigenvalue weighted by Gasteiger charge is -2.25. The molecule has 0 fully saturated rings. The molecule has 0 unspecified atom stereocenters. The second-order valence-corrected chi connectivity index (χ2v) is 5.54. The molecule has 110 valence electrons. The zero-order valence-electron chi connectivity index (χ0n) is 11.9. The van der Waals surface area contributed by atoms with E-state index in [2.05, 4.69) is 32.3 Å².